The van der Waals surface area contributed by atoms with Crippen LogP contribution in [0.4, 0.5) is 0 Å². The molecule has 3 rings (SSSR count). The largest absolute Gasteiger partial charge is 0.305 e. The van der Waals surface area contributed by atoms with Gasteiger partial charge in [-0.2, -0.15) is 0 Å². The molecule has 4 nitrogen and oxygen atoms in total. The maximum atomic E-state index is 12.1. The summed E-state index contributed by atoms with van der Waals surface area (Å²) in [5.74, 6) is 1.83. The molecule has 0 radical (unpaired) electrons. The molecule has 1 amide bonds. The van der Waals surface area contributed by atoms with Crippen LogP contribution in [0, 0.1) is 18.4 Å². The Morgan fingerprint density at radius 2 is 2.16 bits per heavy atom. The minimum atomic E-state index is -0.195. The average molecular weight is 284 g/mol. The zero-order valence-corrected chi connectivity index (χ0v) is 12.0. The molecule has 1 N–H and O–H groups in total. The number of likely N-dealkylation sites (tertiary alicyclic amines) is 1. The fraction of sp³-hybridized carbons (Fsp3) is 0.857. The third-order valence-corrected chi connectivity index (χ3v) is 4.94. The van der Waals surface area contributed by atoms with Crippen molar-refractivity contribution in [3.8, 4) is 0 Å². The maximum absolute atomic E-state index is 12.1. The summed E-state index contributed by atoms with van der Waals surface area (Å²) >= 11 is 0. The Morgan fingerprint density at radius 1 is 1.32 bits per heavy atom. The highest BCUT2D eigenvalue weighted by molar-refractivity contribution is 5.85. The minimum Gasteiger partial charge on any atom is -0.305 e. The molecular formula is C14H22ClN3O. The van der Waals surface area contributed by atoms with Crippen LogP contribution in [-0.4, -0.2) is 36.1 Å². The number of hydrogen-bond donors (Lipinski definition) is 1. The van der Waals surface area contributed by atoms with Crippen LogP contribution < -0.4 is 5.32 Å². The first kappa shape index (κ1) is 14.6. The Kier molecular flexibility index (Phi) is 4.70. The van der Waals surface area contributed by atoms with E-state index in [1.165, 1.54) is 25.7 Å². The second-order valence-corrected chi connectivity index (χ2v) is 6.00. The van der Waals surface area contributed by atoms with Gasteiger partial charge < -0.3 is 5.32 Å². The topological polar surface area (TPSA) is 36.7 Å². The molecule has 3 fully saturated rings. The smallest absolute Gasteiger partial charge is 0.300 e. The number of nitrogens with zero attached hydrogens (tertiary/aromatic N) is 2. The van der Waals surface area contributed by atoms with E-state index >= 15 is 0 Å². The van der Waals surface area contributed by atoms with Gasteiger partial charge in [0, 0.05) is 19.0 Å². The normalized spacial score (nSPS) is 36.1. The van der Waals surface area contributed by atoms with Crippen LogP contribution in [-0.2, 0) is 4.79 Å². The lowest BCUT2D eigenvalue weighted by Gasteiger charge is -2.24. The lowest BCUT2D eigenvalue weighted by molar-refractivity contribution is -0.130. The molecule has 2 saturated carbocycles. The van der Waals surface area contributed by atoms with E-state index in [1.54, 1.807) is 4.90 Å². The van der Waals surface area contributed by atoms with Gasteiger partial charge in [-0.25, -0.2) is 6.57 Å². The van der Waals surface area contributed by atoms with E-state index in [0.29, 0.717) is 12.6 Å². The number of carbonyl (C=O) groups is 1. The summed E-state index contributed by atoms with van der Waals surface area (Å²) in [6, 6.07) is 0.557. The van der Waals surface area contributed by atoms with Crippen molar-refractivity contribution in [1.82, 2.24) is 10.2 Å². The van der Waals surface area contributed by atoms with Gasteiger partial charge in [-0.05, 0) is 37.5 Å². The quantitative estimate of drug-likeness (QED) is 0.805. The number of fused-ring (bicyclic) bond motifs is 2. The fourth-order valence-corrected chi connectivity index (χ4v) is 3.99. The van der Waals surface area contributed by atoms with Gasteiger partial charge >= 0.3 is 6.17 Å². The molecule has 106 valence electrons. The summed E-state index contributed by atoms with van der Waals surface area (Å²) in [6.45, 7) is 8.30. The van der Waals surface area contributed by atoms with Crippen LogP contribution in [0.3, 0.4) is 0 Å². The molecule has 4 atom stereocenters. The van der Waals surface area contributed by atoms with E-state index in [1.807, 2.05) is 0 Å². The highest BCUT2D eigenvalue weighted by atomic mass is 35.5. The van der Waals surface area contributed by atoms with Crippen molar-refractivity contribution >= 4 is 18.3 Å². The van der Waals surface area contributed by atoms with Crippen molar-refractivity contribution in [3.05, 3.63) is 11.4 Å². The van der Waals surface area contributed by atoms with Gasteiger partial charge in [0.2, 0.25) is 5.91 Å². The number of nitrogens with one attached hydrogen (secondary N) is 1. The molecule has 1 aliphatic heterocycles. The van der Waals surface area contributed by atoms with Crippen molar-refractivity contribution in [2.75, 3.05) is 13.1 Å². The van der Waals surface area contributed by atoms with E-state index in [2.05, 4.69) is 10.2 Å². The van der Waals surface area contributed by atoms with E-state index in [4.69, 9.17) is 6.57 Å². The Hall–Kier alpha value is -0.790. The predicted octanol–water partition coefficient (Wildman–Crippen LogP) is 2.05. The zero-order valence-electron chi connectivity index (χ0n) is 11.2. The van der Waals surface area contributed by atoms with Crippen LogP contribution in [0.25, 0.3) is 4.85 Å². The Balaban J connectivity index is 0.00000133. The lowest BCUT2D eigenvalue weighted by Crippen LogP contribution is -2.44. The van der Waals surface area contributed by atoms with Crippen LogP contribution in [0.15, 0.2) is 0 Å². The summed E-state index contributed by atoms with van der Waals surface area (Å²) in [6.07, 6.45) is 6.98. The SMILES string of the molecule is Cl.[C-]#[N+][C@@H]1CCCN1C(=O)CN[C@H]1CC2CCC1C2. The number of rotatable bonds is 3. The molecule has 3 aliphatic rings. The lowest BCUT2D eigenvalue weighted by atomic mass is 9.95. The summed E-state index contributed by atoms with van der Waals surface area (Å²) in [7, 11) is 0. The third kappa shape index (κ3) is 2.88. The van der Waals surface area contributed by atoms with Crippen molar-refractivity contribution in [2.24, 2.45) is 11.8 Å². The molecule has 0 spiro atoms. The Bertz CT molecular complexity index is 381. The molecule has 0 aromatic carbocycles. The van der Waals surface area contributed by atoms with Gasteiger partial charge in [0.25, 0.3) is 0 Å². The average Bonchev–Trinajstić information content (AvgIpc) is 3.10. The highest BCUT2D eigenvalue weighted by Crippen LogP contribution is 2.44. The molecule has 1 heterocycles. The molecule has 2 bridgehead atoms. The van der Waals surface area contributed by atoms with E-state index in [9.17, 15) is 4.79 Å². The number of halogens is 1. The summed E-state index contributed by atoms with van der Waals surface area (Å²) in [4.78, 5) is 17.4. The monoisotopic (exact) mass is 283 g/mol. The zero-order chi connectivity index (χ0) is 12.5. The summed E-state index contributed by atoms with van der Waals surface area (Å²) in [5, 5.41) is 3.44. The van der Waals surface area contributed by atoms with Gasteiger partial charge in [0.15, 0.2) is 0 Å². The van der Waals surface area contributed by atoms with E-state index < -0.39 is 0 Å². The molecule has 2 aliphatic carbocycles. The van der Waals surface area contributed by atoms with Crippen molar-refractivity contribution in [1.29, 1.82) is 0 Å². The summed E-state index contributed by atoms with van der Waals surface area (Å²) in [5.41, 5.74) is 0. The number of hydrogen-bond acceptors (Lipinski definition) is 2. The van der Waals surface area contributed by atoms with Crippen LogP contribution in [0.1, 0.15) is 38.5 Å². The summed E-state index contributed by atoms with van der Waals surface area (Å²) < 4.78 is 0. The molecule has 5 heteroatoms. The maximum Gasteiger partial charge on any atom is 0.300 e. The first-order valence-electron chi connectivity index (χ1n) is 7.17. The Labute approximate surface area is 121 Å². The number of amides is 1. The van der Waals surface area contributed by atoms with E-state index in [0.717, 1.165) is 31.2 Å². The van der Waals surface area contributed by atoms with Crippen molar-refractivity contribution in [2.45, 2.75) is 50.7 Å². The first-order chi connectivity index (χ1) is 8.78. The van der Waals surface area contributed by atoms with Crippen LogP contribution >= 0.6 is 12.4 Å². The van der Waals surface area contributed by atoms with Crippen LogP contribution in [0.2, 0.25) is 0 Å². The van der Waals surface area contributed by atoms with Gasteiger partial charge in [0.1, 0.15) is 0 Å². The van der Waals surface area contributed by atoms with Gasteiger partial charge in [-0.1, -0.05) is 6.42 Å². The second kappa shape index (κ2) is 6.11. The van der Waals surface area contributed by atoms with Gasteiger partial charge in [-0.3, -0.25) is 14.5 Å². The second-order valence-electron chi connectivity index (χ2n) is 6.00. The minimum absolute atomic E-state index is 0. The van der Waals surface area contributed by atoms with Gasteiger partial charge in [0.05, 0.1) is 6.54 Å². The fourth-order valence-electron chi connectivity index (χ4n) is 3.99. The molecule has 0 aromatic rings. The van der Waals surface area contributed by atoms with Gasteiger partial charge in [-0.15, -0.1) is 12.4 Å². The molecular weight excluding hydrogens is 262 g/mol. The van der Waals surface area contributed by atoms with Crippen molar-refractivity contribution in [3.63, 3.8) is 0 Å². The van der Waals surface area contributed by atoms with Crippen LogP contribution in [0.5, 0.6) is 0 Å². The Morgan fingerprint density at radius 3 is 2.79 bits per heavy atom. The third-order valence-electron chi connectivity index (χ3n) is 4.94. The molecule has 1 saturated heterocycles. The van der Waals surface area contributed by atoms with E-state index in [-0.39, 0.29) is 24.5 Å². The molecule has 0 aromatic heterocycles. The standard InChI is InChI=1S/C14H21N3O.ClH/c1-15-13-3-2-6-17(13)14(18)9-16-12-8-10-4-5-11(12)7-10;/h10-13,16H,2-9H2;1H/t10?,11?,12-,13-;/m0./s1. The highest BCUT2D eigenvalue weighted by Gasteiger charge is 2.40. The predicted molar refractivity (Wildman–Crippen MR) is 75.8 cm³/mol. The molecule has 19 heavy (non-hydrogen) atoms. The van der Waals surface area contributed by atoms with Crippen molar-refractivity contribution < 1.29 is 4.79 Å². The first-order valence-corrected chi connectivity index (χ1v) is 7.17. The number of carbonyl (C=O) groups excluding carboxylic acids is 1. The molecule has 2 unspecified atom stereocenters.